The number of esters is 2. The van der Waals surface area contributed by atoms with Crippen molar-refractivity contribution in [3.63, 3.8) is 0 Å². The highest BCUT2D eigenvalue weighted by Gasteiger charge is 2.24. The molecule has 0 spiro atoms. The molecule has 1 aliphatic rings. The molecule has 3 aromatic rings. The topological polar surface area (TPSA) is 65.0 Å². The highest BCUT2D eigenvalue weighted by atomic mass is 16.6. The first-order valence-electron chi connectivity index (χ1n) is 9.05. The first kappa shape index (κ1) is 18.4. The predicted octanol–water partition coefficient (Wildman–Crippen LogP) is 4.62. The Morgan fingerprint density at radius 2 is 1.48 bits per heavy atom. The van der Waals surface area contributed by atoms with E-state index in [9.17, 15) is 9.59 Å². The summed E-state index contributed by atoms with van der Waals surface area (Å²) in [6.07, 6.45) is 1.63. The van der Waals surface area contributed by atoms with E-state index in [1.165, 1.54) is 6.92 Å². The van der Waals surface area contributed by atoms with Crippen molar-refractivity contribution in [1.29, 1.82) is 0 Å². The van der Waals surface area contributed by atoms with Crippen molar-refractivity contribution < 1.29 is 19.1 Å². The van der Waals surface area contributed by atoms with Gasteiger partial charge in [0, 0.05) is 12.5 Å². The van der Waals surface area contributed by atoms with Gasteiger partial charge in [-0.25, -0.2) is 9.79 Å². The van der Waals surface area contributed by atoms with Crippen LogP contribution in [0, 0.1) is 0 Å². The van der Waals surface area contributed by atoms with Crippen molar-refractivity contribution in [1.82, 2.24) is 0 Å². The normalized spacial score (nSPS) is 14.4. The summed E-state index contributed by atoms with van der Waals surface area (Å²) in [4.78, 5) is 27.5. The summed E-state index contributed by atoms with van der Waals surface area (Å²) in [7, 11) is 0. The number of benzene rings is 3. The predicted molar refractivity (Wildman–Crippen MR) is 110 cm³/mol. The van der Waals surface area contributed by atoms with Gasteiger partial charge in [-0.05, 0) is 47.0 Å². The standard InChI is InChI=1S/C24H17NO4/c1-16(26)28-21-13-7-17(8-14-21)15-22-24(27)29-23(25-22)20-11-9-19(10-12-20)18-5-3-2-4-6-18/h2-15H,1H3. The number of hydrogen-bond donors (Lipinski definition) is 0. The lowest BCUT2D eigenvalue weighted by Crippen LogP contribution is -2.05. The largest absolute Gasteiger partial charge is 0.427 e. The van der Waals surface area contributed by atoms with Crippen LogP contribution in [-0.4, -0.2) is 17.8 Å². The molecule has 29 heavy (non-hydrogen) atoms. The van der Waals surface area contributed by atoms with Gasteiger partial charge in [0.05, 0.1) is 0 Å². The monoisotopic (exact) mass is 383 g/mol. The van der Waals surface area contributed by atoms with Gasteiger partial charge in [-0.2, -0.15) is 0 Å². The third-order valence-corrected chi connectivity index (χ3v) is 4.30. The van der Waals surface area contributed by atoms with Gasteiger partial charge in [0.2, 0.25) is 5.90 Å². The summed E-state index contributed by atoms with van der Waals surface area (Å²) in [5.41, 5.74) is 3.88. The van der Waals surface area contributed by atoms with Gasteiger partial charge in [0.25, 0.3) is 0 Å². The Morgan fingerprint density at radius 3 is 2.14 bits per heavy atom. The zero-order valence-corrected chi connectivity index (χ0v) is 15.7. The summed E-state index contributed by atoms with van der Waals surface area (Å²) >= 11 is 0. The van der Waals surface area contributed by atoms with Crippen LogP contribution in [0.3, 0.4) is 0 Å². The molecule has 0 bridgehead atoms. The van der Waals surface area contributed by atoms with Gasteiger partial charge in [0.15, 0.2) is 5.70 Å². The molecule has 5 nitrogen and oxygen atoms in total. The summed E-state index contributed by atoms with van der Waals surface area (Å²) in [5, 5.41) is 0. The SMILES string of the molecule is CC(=O)Oc1ccc(C=C2N=C(c3ccc(-c4ccccc4)cc3)OC2=O)cc1. The van der Waals surface area contributed by atoms with Crippen LogP contribution < -0.4 is 4.74 Å². The van der Waals surface area contributed by atoms with Crippen molar-refractivity contribution in [3.8, 4) is 16.9 Å². The summed E-state index contributed by atoms with van der Waals surface area (Å²) in [6.45, 7) is 1.34. The molecule has 0 aliphatic carbocycles. The van der Waals surface area contributed by atoms with E-state index < -0.39 is 5.97 Å². The van der Waals surface area contributed by atoms with Gasteiger partial charge in [-0.15, -0.1) is 0 Å². The zero-order chi connectivity index (χ0) is 20.2. The van der Waals surface area contributed by atoms with Crippen LogP contribution in [0.25, 0.3) is 17.2 Å². The van der Waals surface area contributed by atoms with E-state index in [0.29, 0.717) is 5.75 Å². The first-order valence-corrected chi connectivity index (χ1v) is 9.05. The number of carbonyl (C=O) groups is 2. The summed E-state index contributed by atoms with van der Waals surface area (Å²) < 4.78 is 10.3. The molecule has 3 aromatic carbocycles. The molecule has 0 radical (unpaired) electrons. The number of nitrogens with zero attached hydrogens (tertiary/aromatic N) is 1. The van der Waals surface area contributed by atoms with Gasteiger partial charge >= 0.3 is 11.9 Å². The number of aliphatic imine (C=N–C) groups is 1. The highest BCUT2D eigenvalue weighted by molar-refractivity contribution is 6.13. The zero-order valence-electron chi connectivity index (χ0n) is 15.7. The van der Waals surface area contributed by atoms with E-state index >= 15 is 0 Å². The maximum atomic E-state index is 12.2. The maximum absolute atomic E-state index is 12.2. The lowest BCUT2D eigenvalue weighted by molar-refractivity contribution is -0.132. The van der Waals surface area contributed by atoms with Crippen molar-refractivity contribution in [2.75, 3.05) is 0 Å². The number of hydrogen-bond acceptors (Lipinski definition) is 5. The molecular weight excluding hydrogens is 366 g/mol. The van der Waals surface area contributed by atoms with Gasteiger partial charge < -0.3 is 9.47 Å². The molecule has 4 rings (SSSR count). The Balaban J connectivity index is 1.54. The Bertz CT molecular complexity index is 1110. The van der Waals surface area contributed by atoms with E-state index in [1.54, 1.807) is 30.3 Å². The van der Waals surface area contributed by atoms with Crippen molar-refractivity contribution in [3.05, 3.63) is 95.7 Å². The van der Waals surface area contributed by atoms with E-state index in [-0.39, 0.29) is 17.6 Å². The maximum Gasteiger partial charge on any atom is 0.363 e. The van der Waals surface area contributed by atoms with E-state index in [0.717, 1.165) is 22.3 Å². The molecule has 0 saturated carbocycles. The third kappa shape index (κ3) is 4.30. The lowest BCUT2D eigenvalue weighted by atomic mass is 10.0. The fraction of sp³-hybridized carbons (Fsp3) is 0.0417. The van der Waals surface area contributed by atoms with Crippen LogP contribution in [0.5, 0.6) is 5.75 Å². The Labute approximate surface area is 167 Å². The van der Waals surface area contributed by atoms with Crippen molar-refractivity contribution in [2.45, 2.75) is 6.92 Å². The summed E-state index contributed by atoms with van der Waals surface area (Å²) in [6, 6.07) is 24.5. The Hall–Kier alpha value is -3.99. The first-order chi connectivity index (χ1) is 14.1. The molecule has 0 N–H and O–H groups in total. The third-order valence-electron chi connectivity index (χ3n) is 4.30. The fourth-order valence-electron chi connectivity index (χ4n) is 2.92. The summed E-state index contributed by atoms with van der Waals surface area (Å²) in [5.74, 6) is -0.173. The molecule has 0 unspecified atom stereocenters. The van der Waals surface area contributed by atoms with Gasteiger partial charge in [-0.1, -0.05) is 54.6 Å². The highest BCUT2D eigenvalue weighted by Crippen LogP contribution is 2.23. The quantitative estimate of drug-likeness (QED) is 0.374. The molecule has 142 valence electrons. The molecule has 0 fully saturated rings. The molecule has 1 aliphatic heterocycles. The average Bonchev–Trinajstić information content (AvgIpc) is 3.10. The molecule has 0 atom stereocenters. The van der Waals surface area contributed by atoms with E-state index in [1.807, 2.05) is 54.6 Å². The minimum Gasteiger partial charge on any atom is -0.427 e. The molecule has 5 heteroatoms. The Morgan fingerprint density at radius 1 is 0.862 bits per heavy atom. The second kappa shape index (κ2) is 7.94. The average molecular weight is 383 g/mol. The number of cyclic esters (lactones) is 1. The van der Waals surface area contributed by atoms with Crippen LogP contribution in [0.2, 0.25) is 0 Å². The molecule has 0 aromatic heterocycles. The molecule has 0 saturated heterocycles. The second-order valence-corrected chi connectivity index (χ2v) is 6.44. The van der Waals surface area contributed by atoms with Crippen LogP contribution in [-0.2, 0) is 14.3 Å². The molecular formula is C24H17NO4. The second-order valence-electron chi connectivity index (χ2n) is 6.44. The van der Waals surface area contributed by atoms with Crippen LogP contribution >= 0.6 is 0 Å². The molecule has 1 heterocycles. The number of ether oxygens (including phenoxy) is 2. The minimum atomic E-state index is -0.504. The number of rotatable bonds is 4. The van der Waals surface area contributed by atoms with Crippen LogP contribution in [0.15, 0.2) is 89.6 Å². The fourth-order valence-corrected chi connectivity index (χ4v) is 2.92. The van der Waals surface area contributed by atoms with Crippen LogP contribution in [0.1, 0.15) is 18.1 Å². The van der Waals surface area contributed by atoms with Crippen molar-refractivity contribution >= 4 is 23.9 Å². The van der Waals surface area contributed by atoms with E-state index in [2.05, 4.69) is 4.99 Å². The Kier molecular flexibility index (Phi) is 5.03. The molecule has 0 amide bonds. The number of carbonyl (C=O) groups excluding carboxylic acids is 2. The van der Waals surface area contributed by atoms with Crippen molar-refractivity contribution in [2.24, 2.45) is 4.99 Å². The smallest absolute Gasteiger partial charge is 0.363 e. The van der Waals surface area contributed by atoms with Crippen LogP contribution in [0.4, 0.5) is 0 Å². The lowest BCUT2D eigenvalue weighted by Gasteiger charge is -2.03. The van der Waals surface area contributed by atoms with E-state index in [4.69, 9.17) is 9.47 Å². The van der Waals surface area contributed by atoms with Gasteiger partial charge in [0.1, 0.15) is 5.75 Å². The minimum absolute atomic E-state index is 0.215. The van der Waals surface area contributed by atoms with Gasteiger partial charge in [-0.3, -0.25) is 4.79 Å².